The van der Waals surface area contributed by atoms with E-state index in [4.69, 9.17) is 20.8 Å². The van der Waals surface area contributed by atoms with E-state index in [1.54, 1.807) is 73.7 Å². The third-order valence-corrected chi connectivity index (χ3v) is 4.64. The first-order valence-corrected chi connectivity index (χ1v) is 9.01. The van der Waals surface area contributed by atoms with E-state index >= 15 is 0 Å². The topological polar surface area (TPSA) is 56.5 Å². The highest BCUT2D eigenvalue weighted by atomic mass is 35.5. The molecule has 0 saturated carbocycles. The van der Waals surface area contributed by atoms with Crippen LogP contribution in [0.5, 0.6) is 5.75 Å². The summed E-state index contributed by atoms with van der Waals surface area (Å²) in [7, 11) is 0. The Kier molecular flexibility index (Phi) is 4.72. The van der Waals surface area contributed by atoms with Gasteiger partial charge >= 0.3 is 5.97 Å². The quantitative estimate of drug-likeness (QED) is 0.335. The first kappa shape index (κ1) is 18.0. The summed E-state index contributed by atoms with van der Waals surface area (Å²) in [6.45, 7) is 1.73. The Balaban J connectivity index is 1.73. The summed E-state index contributed by atoms with van der Waals surface area (Å²) in [4.78, 5) is 25.2. The number of rotatable bonds is 3. The lowest BCUT2D eigenvalue weighted by Gasteiger charge is -2.09. The molecule has 5 heteroatoms. The van der Waals surface area contributed by atoms with Crippen molar-refractivity contribution in [3.05, 3.63) is 99.4 Å². The van der Waals surface area contributed by atoms with E-state index in [2.05, 4.69) is 0 Å². The Labute approximate surface area is 166 Å². The Morgan fingerprint density at radius 3 is 2.39 bits per heavy atom. The van der Waals surface area contributed by atoms with E-state index in [9.17, 15) is 9.59 Å². The molecule has 28 heavy (non-hydrogen) atoms. The van der Waals surface area contributed by atoms with Crippen molar-refractivity contribution in [1.29, 1.82) is 0 Å². The van der Waals surface area contributed by atoms with Crippen molar-refractivity contribution in [1.82, 2.24) is 0 Å². The molecule has 0 spiro atoms. The van der Waals surface area contributed by atoms with Crippen LogP contribution in [0.3, 0.4) is 0 Å². The molecule has 0 aliphatic carbocycles. The second kappa shape index (κ2) is 7.33. The molecule has 3 aromatic carbocycles. The van der Waals surface area contributed by atoms with Gasteiger partial charge in [0.25, 0.3) is 0 Å². The van der Waals surface area contributed by atoms with Gasteiger partial charge in [0.1, 0.15) is 17.1 Å². The molecule has 0 radical (unpaired) electrons. The van der Waals surface area contributed by atoms with E-state index in [0.29, 0.717) is 38.6 Å². The maximum Gasteiger partial charge on any atom is 0.343 e. The molecular formula is C23H15ClO4. The van der Waals surface area contributed by atoms with Gasteiger partial charge in [0.15, 0.2) is 0 Å². The Hall–Kier alpha value is -3.37. The summed E-state index contributed by atoms with van der Waals surface area (Å²) >= 11 is 5.93. The van der Waals surface area contributed by atoms with Crippen LogP contribution in [0, 0.1) is 6.92 Å². The number of halogens is 1. The minimum atomic E-state index is -0.475. The van der Waals surface area contributed by atoms with E-state index in [0.717, 1.165) is 5.56 Å². The Morgan fingerprint density at radius 2 is 1.68 bits per heavy atom. The highest BCUT2D eigenvalue weighted by molar-refractivity contribution is 6.30. The summed E-state index contributed by atoms with van der Waals surface area (Å²) in [5.74, 6) is 0.311. The fourth-order valence-electron chi connectivity index (χ4n) is 3.04. The fourth-order valence-corrected chi connectivity index (χ4v) is 3.17. The molecule has 0 unspecified atom stereocenters. The van der Waals surface area contributed by atoms with Crippen LogP contribution >= 0.6 is 11.6 Å². The van der Waals surface area contributed by atoms with Crippen molar-refractivity contribution in [3.8, 4) is 16.9 Å². The van der Waals surface area contributed by atoms with E-state index in [1.807, 2.05) is 6.07 Å². The average Bonchev–Trinajstić information content (AvgIpc) is 2.70. The standard InChI is InChI=1S/C23H15ClO4/c1-14-21(15-7-9-17(24)10-8-15)22(25)19-12-11-18(13-20(19)27-14)28-23(26)16-5-3-2-4-6-16/h2-13H,1H3. The van der Waals surface area contributed by atoms with Crippen LogP contribution in [0.15, 0.2) is 82.0 Å². The third kappa shape index (κ3) is 3.42. The lowest BCUT2D eigenvalue weighted by Crippen LogP contribution is -2.10. The Morgan fingerprint density at radius 1 is 0.964 bits per heavy atom. The number of carbonyl (C=O) groups is 1. The van der Waals surface area contributed by atoms with Crippen molar-refractivity contribution in [3.63, 3.8) is 0 Å². The highest BCUT2D eigenvalue weighted by Crippen LogP contribution is 2.27. The second-order valence-corrected chi connectivity index (χ2v) is 6.72. The zero-order valence-electron chi connectivity index (χ0n) is 14.9. The molecule has 4 nitrogen and oxygen atoms in total. The number of hydrogen-bond donors (Lipinski definition) is 0. The molecule has 0 aliphatic rings. The number of benzene rings is 3. The second-order valence-electron chi connectivity index (χ2n) is 6.28. The number of esters is 1. The molecule has 1 heterocycles. The van der Waals surface area contributed by atoms with Gasteiger partial charge in [-0.3, -0.25) is 4.79 Å². The number of carbonyl (C=O) groups excluding carboxylic acids is 1. The monoisotopic (exact) mass is 390 g/mol. The summed E-state index contributed by atoms with van der Waals surface area (Å²) < 4.78 is 11.3. The van der Waals surface area contributed by atoms with Crippen molar-refractivity contribution in [2.45, 2.75) is 6.92 Å². The molecule has 1 aromatic heterocycles. The normalized spacial score (nSPS) is 10.8. The number of fused-ring (bicyclic) bond motifs is 1. The third-order valence-electron chi connectivity index (χ3n) is 4.39. The van der Waals surface area contributed by atoms with Gasteiger partial charge < -0.3 is 9.15 Å². The van der Waals surface area contributed by atoms with Crippen molar-refractivity contribution in [2.75, 3.05) is 0 Å². The van der Waals surface area contributed by atoms with Crippen LogP contribution < -0.4 is 10.2 Å². The van der Waals surface area contributed by atoms with E-state index in [1.165, 1.54) is 0 Å². The average molecular weight is 391 g/mol. The molecular weight excluding hydrogens is 376 g/mol. The van der Waals surface area contributed by atoms with E-state index < -0.39 is 5.97 Å². The van der Waals surface area contributed by atoms with Gasteiger partial charge in [-0.15, -0.1) is 0 Å². The van der Waals surface area contributed by atoms with Crippen LogP contribution in [0.4, 0.5) is 0 Å². The summed E-state index contributed by atoms with van der Waals surface area (Å²) in [5, 5.41) is 1.01. The smallest absolute Gasteiger partial charge is 0.343 e. The molecule has 0 amide bonds. The largest absolute Gasteiger partial charge is 0.460 e. The van der Waals surface area contributed by atoms with Crippen molar-refractivity contribution < 1.29 is 13.9 Å². The van der Waals surface area contributed by atoms with Gasteiger partial charge in [-0.25, -0.2) is 4.79 Å². The lowest BCUT2D eigenvalue weighted by molar-refractivity contribution is 0.0735. The molecule has 4 aromatic rings. The van der Waals surface area contributed by atoms with Crippen LogP contribution in [0.25, 0.3) is 22.1 Å². The van der Waals surface area contributed by atoms with Crippen LogP contribution in [-0.4, -0.2) is 5.97 Å². The van der Waals surface area contributed by atoms with Crippen LogP contribution in [0.1, 0.15) is 16.1 Å². The molecule has 4 rings (SSSR count). The van der Waals surface area contributed by atoms with Crippen molar-refractivity contribution >= 4 is 28.5 Å². The Bertz CT molecular complexity index is 1230. The predicted octanol–water partition coefficient (Wildman–Crippen LogP) is 5.64. The molecule has 0 atom stereocenters. The maximum absolute atomic E-state index is 13.0. The molecule has 138 valence electrons. The lowest BCUT2D eigenvalue weighted by atomic mass is 10.0. The first-order valence-electron chi connectivity index (χ1n) is 8.63. The summed E-state index contributed by atoms with van der Waals surface area (Å²) in [6.07, 6.45) is 0. The van der Waals surface area contributed by atoms with Crippen LogP contribution in [0.2, 0.25) is 5.02 Å². The maximum atomic E-state index is 13.0. The zero-order valence-corrected chi connectivity index (χ0v) is 15.7. The summed E-state index contributed by atoms with van der Waals surface area (Å²) in [5.41, 5.74) is 1.87. The predicted molar refractivity (Wildman–Crippen MR) is 109 cm³/mol. The molecule has 0 N–H and O–H groups in total. The molecule has 0 aliphatic heterocycles. The van der Waals surface area contributed by atoms with Gasteiger partial charge in [0.2, 0.25) is 5.43 Å². The van der Waals surface area contributed by atoms with E-state index in [-0.39, 0.29) is 5.43 Å². The molecule has 0 bridgehead atoms. The minimum absolute atomic E-state index is 0.151. The molecule has 0 fully saturated rings. The van der Waals surface area contributed by atoms with Gasteiger partial charge in [0, 0.05) is 11.1 Å². The summed E-state index contributed by atoms with van der Waals surface area (Å²) in [6, 6.07) is 20.5. The number of ether oxygens (including phenoxy) is 1. The fraction of sp³-hybridized carbons (Fsp3) is 0.0435. The highest BCUT2D eigenvalue weighted by Gasteiger charge is 2.15. The molecule has 0 saturated heterocycles. The van der Waals surface area contributed by atoms with Gasteiger partial charge in [0.05, 0.1) is 16.5 Å². The number of hydrogen-bond acceptors (Lipinski definition) is 4. The first-order chi connectivity index (χ1) is 13.5. The van der Waals surface area contributed by atoms with Crippen molar-refractivity contribution in [2.24, 2.45) is 0 Å². The number of aryl methyl sites for hydroxylation is 1. The van der Waals surface area contributed by atoms with Gasteiger partial charge in [-0.2, -0.15) is 0 Å². The SMILES string of the molecule is Cc1oc2cc(OC(=O)c3ccccc3)ccc2c(=O)c1-c1ccc(Cl)cc1. The minimum Gasteiger partial charge on any atom is -0.460 e. The zero-order chi connectivity index (χ0) is 19.7. The van der Waals surface area contributed by atoms with Crippen LogP contribution in [-0.2, 0) is 0 Å². The van der Waals surface area contributed by atoms with Gasteiger partial charge in [-0.05, 0) is 48.9 Å². The van der Waals surface area contributed by atoms with Gasteiger partial charge in [-0.1, -0.05) is 41.9 Å².